The molecule has 0 aliphatic carbocycles. The lowest BCUT2D eigenvalue weighted by molar-refractivity contribution is -0.150. The van der Waals surface area contributed by atoms with E-state index in [0.717, 1.165) is 12.8 Å². The molecule has 0 spiro atoms. The fourth-order valence-electron chi connectivity index (χ4n) is 3.97. The van der Waals surface area contributed by atoms with Gasteiger partial charge in [0.05, 0.1) is 13.0 Å². The Morgan fingerprint density at radius 3 is 2.68 bits per heavy atom. The maximum absolute atomic E-state index is 12.2. The van der Waals surface area contributed by atoms with Crippen LogP contribution < -0.4 is 0 Å². The molecule has 0 aromatic heterocycles. The fourth-order valence-corrected chi connectivity index (χ4v) is 3.97. The normalized spacial score (nSPS) is 34.2. The monoisotopic (exact) mass is 259 g/mol. The Hall–Kier alpha value is -1.35. The summed E-state index contributed by atoms with van der Waals surface area (Å²) in [5.41, 5.74) is 1.28. The van der Waals surface area contributed by atoms with Crippen LogP contribution in [0.25, 0.3) is 0 Å². The molecule has 1 aromatic rings. The Labute approximate surface area is 114 Å². The summed E-state index contributed by atoms with van der Waals surface area (Å²) in [5, 5.41) is 0. The lowest BCUT2D eigenvalue weighted by Gasteiger charge is -2.41. The van der Waals surface area contributed by atoms with Crippen LogP contribution in [-0.4, -0.2) is 37.1 Å². The standard InChI is InChI=1S/C16H21NO2/c1-17-12-8-9-14(17)15(16(18)19-2)13(10-12)11-6-4-3-5-7-11/h3-7,12-15H,8-10H2,1-2H3/t12-,13+,14+,15+/m0/s1. The molecular formula is C16H21NO2. The van der Waals surface area contributed by atoms with Crippen LogP contribution in [0.4, 0.5) is 0 Å². The molecule has 19 heavy (non-hydrogen) atoms. The average molecular weight is 259 g/mol. The molecule has 3 nitrogen and oxygen atoms in total. The van der Waals surface area contributed by atoms with Gasteiger partial charge in [-0.15, -0.1) is 0 Å². The first-order chi connectivity index (χ1) is 9.22. The van der Waals surface area contributed by atoms with Crippen molar-refractivity contribution >= 4 is 5.97 Å². The maximum Gasteiger partial charge on any atom is 0.310 e. The summed E-state index contributed by atoms with van der Waals surface area (Å²) in [4.78, 5) is 14.6. The van der Waals surface area contributed by atoms with Crippen molar-refractivity contribution in [1.29, 1.82) is 0 Å². The second-order valence-electron chi connectivity index (χ2n) is 5.77. The van der Waals surface area contributed by atoms with Crippen LogP contribution in [0, 0.1) is 5.92 Å². The van der Waals surface area contributed by atoms with E-state index in [1.165, 1.54) is 19.1 Å². The van der Waals surface area contributed by atoms with Crippen LogP contribution >= 0.6 is 0 Å². The van der Waals surface area contributed by atoms with Gasteiger partial charge in [0.2, 0.25) is 0 Å². The molecule has 4 atom stereocenters. The van der Waals surface area contributed by atoms with Gasteiger partial charge in [0.1, 0.15) is 0 Å². The van der Waals surface area contributed by atoms with Gasteiger partial charge in [0.15, 0.2) is 0 Å². The minimum absolute atomic E-state index is 0.0175. The van der Waals surface area contributed by atoms with E-state index in [0.29, 0.717) is 18.0 Å². The Bertz CT molecular complexity index is 459. The Kier molecular flexibility index (Phi) is 3.31. The Morgan fingerprint density at radius 1 is 1.26 bits per heavy atom. The number of ether oxygens (including phenoxy) is 1. The summed E-state index contributed by atoms with van der Waals surface area (Å²) >= 11 is 0. The summed E-state index contributed by atoms with van der Waals surface area (Å²) in [5.74, 6) is 0.240. The molecule has 3 heteroatoms. The van der Waals surface area contributed by atoms with E-state index in [1.54, 1.807) is 0 Å². The van der Waals surface area contributed by atoms with Crippen LogP contribution in [0.5, 0.6) is 0 Å². The van der Waals surface area contributed by atoms with Crippen molar-refractivity contribution in [3.05, 3.63) is 35.9 Å². The predicted molar refractivity (Wildman–Crippen MR) is 73.9 cm³/mol. The zero-order valence-electron chi connectivity index (χ0n) is 11.6. The number of methoxy groups -OCH3 is 1. The second kappa shape index (κ2) is 4.97. The summed E-state index contributed by atoms with van der Waals surface area (Å²) in [6, 6.07) is 11.4. The summed E-state index contributed by atoms with van der Waals surface area (Å²) in [6.45, 7) is 0. The van der Waals surface area contributed by atoms with Crippen molar-refractivity contribution in [2.75, 3.05) is 14.2 Å². The van der Waals surface area contributed by atoms with Gasteiger partial charge in [0, 0.05) is 18.0 Å². The molecule has 102 valence electrons. The van der Waals surface area contributed by atoms with E-state index in [1.807, 2.05) is 6.07 Å². The zero-order chi connectivity index (χ0) is 13.4. The molecule has 0 radical (unpaired) electrons. The van der Waals surface area contributed by atoms with Crippen molar-refractivity contribution in [2.24, 2.45) is 5.92 Å². The maximum atomic E-state index is 12.2. The Morgan fingerprint density at radius 2 is 2.00 bits per heavy atom. The van der Waals surface area contributed by atoms with Crippen LogP contribution in [0.2, 0.25) is 0 Å². The van der Waals surface area contributed by atoms with Gasteiger partial charge in [-0.2, -0.15) is 0 Å². The van der Waals surface area contributed by atoms with Gasteiger partial charge in [0.25, 0.3) is 0 Å². The SMILES string of the molecule is COC(=O)[C@@H]1[C@@H](c2ccccc2)C[C@@H]2CC[C@H]1N2C. The number of fused-ring (bicyclic) bond motifs is 2. The van der Waals surface area contributed by atoms with Gasteiger partial charge < -0.3 is 4.74 Å². The van der Waals surface area contributed by atoms with Gasteiger partial charge in [-0.05, 0) is 31.9 Å². The molecule has 2 heterocycles. The zero-order valence-corrected chi connectivity index (χ0v) is 11.6. The lowest BCUT2D eigenvalue weighted by atomic mass is 9.76. The quantitative estimate of drug-likeness (QED) is 0.764. The van der Waals surface area contributed by atoms with E-state index >= 15 is 0 Å². The van der Waals surface area contributed by atoms with E-state index in [-0.39, 0.29) is 11.9 Å². The number of piperidine rings is 1. The molecule has 0 saturated carbocycles. The first kappa shape index (κ1) is 12.7. The lowest BCUT2D eigenvalue weighted by Crippen LogP contribution is -2.49. The molecule has 3 rings (SSSR count). The van der Waals surface area contributed by atoms with Crippen LogP contribution in [0.1, 0.15) is 30.7 Å². The molecule has 0 N–H and O–H groups in total. The molecule has 2 saturated heterocycles. The van der Waals surface area contributed by atoms with Crippen LogP contribution in [0.3, 0.4) is 0 Å². The fraction of sp³-hybridized carbons (Fsp3) is 0.562. The Balaban J connectivity index is 1.96. The van der Waals surface area contributed by atoms with Crippen molar-refractivity contribution in [3.8, 4) is 0 Å². The molecule has 2 aliphatic heterocycles. The van der Waals surface area contributed by atoms with Crippen molar-refractivity contribution in [3.63, 3.8) is 0 Å². The van der Waals surface area contributed by atoms with Crippen LogP contribution in [-0.2, 0) is 9.53 Å². The summed E-state index contributed by atoms with van der Waals surface area (Å²) < 4.78 is 5.07. The first-order valence-electron chi connectivity index (χ1n) is 7.07. The third kappa shape index (κ3) is 2.06. The number of carbonyl (C=O) groups is 1. The number of rotatable bonds is 2. The minimum atomic E-state index is -0.0500. The highest BCUT2D eigenvalue weighted by Crippen LogP contribution is 2.46. The summed E-state index contributed by atoms with van der Waals surface area (Å²) in [6.07, 6.45) is 3.39. The number of benzene rings is 1. The molecule has 1 aromatic carbocycles. The predicted octanol–water partition coefficient (Wildman–Crippen LogP) is 2.43. The molecule has 0 unspecified atom stereocenters. The van der Waals surface area contributed by atoms with E-state index < -0.39 is 0 Å². The number of nitrogens with zero attached hydrogens (tertiary/aromatic N) is 1. The number of hydrogen-bond donors (Lipinski definition) is 0. The number of carbonyl (C=O) groups excluding carboxylic acids is 1. The summed E-state index contributed by atoms with van der Waals surface area (Å²) in [7, 11) is 3.66. The minimum Gasteiger partial charge on any atom is -0.469 e. The van der Waals surface area contributed by atoms with Gasteiger partial charge in [-0.3, -0.25) is 9.69 Å². The highest BCUT2D eigenvalue weighted by Gasteiger charge is 2.49. The number of hydrogen-bond acceptors (Lipinski definition) is 3. The molecular weight excluding hydrogens is 238 g/mol. The second-order valence-corrected chi connectivity index (χ2v) is 5.77. The van der Waals surface area contributed by atoms with Crippen molar-refractivity contribution < 1.29 is 9.53 Å². The van der Waals surface area contributed by atoms with Crippen molar-refractivity contribution in [2.45, 2.75) is 37.3 Å². The largest absolute Gasteiger partial charge is 0.469 e. The topological polar surface area (TPSA) is 29.5 Å². The van der Waals surface area contributed by atoms with E-state index in [2.05, 4.69) is 36.2 Å². The van der Waals surface area contributed by atoms with Crippen molar-refractivity contribution in [1.82, 2.24) is 4.90 Å². The smallest absolute Gasteiger partial charge is 0.310 e. The molecule has 2 aliphatic rings. The third-order valence-corrected chi connectivity index (χ3v) is 4.97. The van der Waals surface area contributed by atoms with Gasteiger partial charge >= 0.3 is 5.97 Å². The highest BCUT2D eigenvalue weighted by atomic mass is 16.5. The van der Waals surface area contributed by atoms with E-state index in [9.17, 15) is 4.79 Å². The van der Waals surface area contributed by atoms with Crippen LogP contribution in [0.15, 0.2) is 30.3 Å². The molecule has 0 amide bonds. The molecule has 2 fully saturated rings. The molecule has 2 bridgehead atoms. The highest BCUT2D eigenvalue weighted by molar-refractivity contribution is 5.75. The van der Waals surface area contributed by atoms with Gasteiger partial charge in [-0.1, -0.05) is 30.3 Å². The first-order valence-corrected chi connectivity index (χ1v) is 7.07. The van der Waals surface area contributed by atoms with Gasteiger partial charge in [-0.25, -0.2) is 0 Å². The average Bonchev–Trinajstić information content (AvgIpc) is 2.70. The third-order valence-electron chi connectivity index (χ3n) is 4.97. The van der Waals surface area contributed by atoms with E-state index in [4.69, 9.17) is 4.74 Å². The number of esters is 1.